The van der Waals surface area contributed by atoms with E-state index in [1.165, 1.54) is 5.56 Å². The van der Waals surface area contributed by atoms with E-state index in [1.807, 2.05) is 30.0 Å². The molecule has 2 amide bonds. The Labute approximate surface area is 137 Å². The average Bonchev–Trinajstić information content (AvgIpc) is 3.10. The van der Waals surface area contributed by atoms with Crippen LogP contribution in [0.1, 0.15) is 38.7 Å². The summed E-state index contributed by atoms with van der Waals surface area (Å²) >= 11 is 0. The van der Waals surface area contributed by atoms with E-state index in [4.69, 9.17) is 9.47 Å². The molecule has 2 atom stereocenters. The van der Waals surface area contributed by atoms with E-state index in [0.29, 0.717) is 25.7 Å². The van der Waals surface area contributed by atoms with Crippen LogP contribution in [0.3, 0.4) is 0 Å². The molecule has 0 aromatic heterocycles. The Kier molecular flexibility index (Phi) is 4.60. The van der Waals surface area contributed by atoms with E-state index in [9.17, 15) is 4.79 Å². The molecule has 0 bridgehead atoms. The van der Waals surface area contributed by atoms with Gasteiger partial charge in [-0.3, -0.25) is 4.90 Å². The van der Waals surface area contributed by atoms with E-state index >= 15 is 0 Å². The first-order valence-corrected chi connectivity index (χ1v) is 8.41. The van der Waals surface area contributed by atoms with Crippen molar-refractivity contribution in [1.82, 2.24) is 5.32 Å². The number of nitrogens with zero attached hydrogens (tertiary/aromatic N) is 1. The topological polar surface area (TPSA) is 50.8 Å². The van der Waals surface area contributed by atoms with Gasteiger partial charge in [0.25, 0.3) is 0 Å². The van der Waals surface area contributed by atoms with Crippen molar-refractivity contribution in [2.75, 3.05) is 31.2 Å². The highest BCUT2D eigenvalue weighted by atomic mass is 16.7. The summed E-state index contributed by atoms with van der Waals surface area (Å²) in [7, 11) is 0. The molecule has 0 spiro atoms. The minimum Gasteiger partial charge on any atom is -0.348 e. The van der Waals surface area contributed by atoms with Crippen LogP contribution < -0.4 is 10.2 Å². The number of carbonyl (C=O) groups excluding carboxylic acids is 1. The summed E-state index contributed by atoms with van der Waals surface area (Å²) in [6, 6.07) is 8.11. The Morgan fingerprint density at radius 3 is 2.83 bits per heavy atom. The largest absolute Gasteiger partial charge is 0.348 e. The number of rotatable bonds is 4. The number of benzene rings is 1. The molecule has 1 aromatic rings. The predicted octanol–water partition coefficient (Wildman–Crippen LogP) is 3.11. The Bertz CT molecular complexity index is 569. The Hall–Kier alpha value is -1.59. The summed E-state index contributed by atoms with van der Waals surface area (Å²) in [4.78, 5) is 14.4. The van der Waals surface area contributed by atoms with Crippen LogP contribution in [-0.2, 0) is 9.47 Å². The van der Waals surface area contributed by atoms with Crippen LogP contribution in [0.5, 0.6) is 0 Å². The zero-order chi connectivity index (χ0) is 16.4. The molecule has 0 saturated carbocycles. The quantitative estimate of drug-likeness (QED) is 0.928. The lowest BCUT2D eigenvalue weighted by Crippen LogP contribution is -2.42. The van der Waals surface area contributed by atoms with Gasteiger partial charge in [0, 0.05) is 31.1 Å². The van der Waals surface area contributed by atoms with E-state index in [2.05, 4.69) is 25.2 Å². The lowest BCUT2D eigenvalue weighted by molar-refractivity contribution is -0.153. The molecule has 0 radical (unpaired) electrons. The van der Waals surface area contributed by atoms with Gasteiger partial charge in [-0.1, -0.05) is 32.0 Å². The highest BCUT2D eigenvalue weighted by molar-refractivity contribution is 5.94. The van der Waals surface area contributed by atoms with E-state index in [-0.39, 0.29) is 11.9 Å². The minimum absolute atomic E-state index is 0.0212. The second-order valence-electron chi connectivity index (χ2n) is 6.90. The Morgan fingerprint density at radius 1 is 1.39 bits per heavy atom. The number of ether oxygens (including phenoxy) is 2. The molecule has 1 N–H and O–H groups in total. The third-order valence-corrected chi connectivity index (χ3v) is 4.68. The number of hydrogen-bond acceptors (Lipinski definition) is 3. The van der Waals surface area contributed by atoms with Crippen molar-refractivity contribution in [3.63, 3.8) is 0 Å². The highest BCUT2D eigenvalue weighted by Crippen LogP contribution is 2.35. The van der Waals surface area contributed by atoms with Crippen molar-refractivity contribution in [2.24, 2.45) is 5.92 Å². The molecule has 126 valence electrons. The predicted molar refractivity (Wildman–Crippen MR) is 89.7 cm³/mol. The molecule has 0 aliphatic carbocycles. The summed E-state index contributed by atoms with van der Waals surface area (Å²) in [5, 5.41) is 3.05. The first-order valence-electron chi connectivity index (χ1n) is 8.41. The van der Waals surface area contributed by atoms with Crippen LogP contribution in [0.15, 0.2) is 24.3 Å². The fourth-order valence-electron chi connectivity index (χ4n) is 3.55. The van der Waals surface area contributed by atoms with Gasteiger partial charge in [-0.2, -0.15) is 0 Å². The smallest absolute Gasteiger partial charge is 0.321 e. The van der Waals surface area contributed by atoms with Crippen LogP contribution in [0, 0.1) is 5.92 Å². The summed E-state index contributed by atoms with van der Waals surface area (Å²) in [6.07, 6.45) is 0.778. The van der Waals surface area contributed by atoms with Crippen LogP contribution in [0.4, 0.5) is 10.5 Å². The minimum atomic E-state index is -0.501. The molecule has 0 unspecified atom stereocenters. The van der Waals surface area contributed by atoms with Crippen molar-refractivity contribution >= 4 is 11.7 Å². The second kappa shape index (κ2) is 6.49. The van der Waals surface area contributed by atoms with Crippen molar-refractivity contribution in [2.45, 2.75) is 38.9 Å². The van der Waals surface area contributed by atoms with Gasteiger partial charge < -0.3 is 14.8 Å². The third-order valence-electron chi connectivity index (χ3n) is 4.68. The maximum atomic E-state index is 12.5. The zero-order valence-electron chi connectivity index (χ0n) is 14.2. The maximum absolute atomic E-state index is 12.5. The Morgan fingerprint density at radius 2 is 2.09 bits per heavy atom. The fraction of sp³-hybridized carbons (Fsp3) is 0.611. The molecule has 3 rings (SSSR count). The molecule has 1 saturated heterocycles. The molecule has 2 heterocycles. The average molecular weight is 318 g/mol. The van der Waals surface area contributed by atoms with Gasteiger partial charge in [-0.05, 0) is 24.5 Å². The molecule has 1 fully saturated rings. The van der Waals surface area contributed by atoms with Crippen molar-refractivity contribution < 1.29 is 14.3 Å². The van der Waals surface area contributed by atoms with Gasteiger partial charge in [-0.25, -0.2) is 4.79 Å². The van der Waals surface area contributed by atoms with E-state index in [1.54, 1.807) is 0 Å². The number of fused-ring (bicyclic) bond motifs is 1. The van der Waals surface area contributed by atoms with Crippen LogP contribution >= 0.6 is 0 Å². The van der Waals surface area contributed by atoms with Crippen LogP contribution in [0.25, 0.3) is 0 Å². The SMILES string of the molecule is C[C@H](CNC(=O)N1C[C@@H](C)c2ccccc21)CC1(C)OCCO1. The second-order valence-corrected chi connectivity index (χ2v) is 6.90. The third kappa shape index (κ3) is 3.51. The summed E-state index contributed by atoms with van der Waals surface area (Å²) in [5.74, 6) is 0.171. The number of hydrogen-bond donors (Lipinski definition) is 1. The molecular formula is C18H26N2O3. The monoisotopic (exact) mass is 318 g/mol. The first kappa shape index (κ1) is 16.3. The standard InChI is InChI=1S/C18H26N2O3/c1-13(10-18(3)22-8-9-23-18)11-19-17(21)20-12-14(2)15-6-4-5-7-16(15)20/h4-7,13-14H,8-12H2,1-3H3,(H,19,21)/t13-,14+/m0/s1. The van der Waals surface area contributed by atoms with Crippen molar-refractivity contribution in [3.05, 3.63) is 29.8 Å². The zero-order valence-corrected chi connectivity index (χ0v) is 14.2. The van der Waals surface area contributed by atoms with Gasteiger partial charge in [0.15, 0.2) is 5.79 Å². The number of urea groups is 1. The first-order chi connectivity index (χ1) is 11.0. The summed E-state index contributed by atoms with van der Waals surface area (Å²) < 4.78 is 11.3. The van der Waals surface area contributed by atoms with Crippen LogP contribution in [0.2, 0.25) is 0 Å². The number of amides is 2. The van der Waals surface area contributed by atoms with Gasteiger partial charge in [0.1, 0.15) is 0 Å². The normalized spacial score (nSPS) is 23.6. The molecule has 2 aliphatic rings. The van der Waals surface area contributed by atoms with E-state index < -0.39 is 5.79 Å². The number of nitrogens with one attached hydrogen (secondary N) is 1. The van der Waals surface area contributed by atoms with Crippen LogP contribution in [-0.4, -0.2) is 38.1 Å². The number of anilines is 1. The van der Waals surface area contributed by atoms with Gasteiger partial charge in [0.2, 0.25) is 0 Å². The molecule has 5 nitrogen and oxygen atoms in total. The number of para-hydroxylation sites is 1. The number of carbonyl (C=O) groups is 1. The summed E-state index contributed by atoms with van der Waals surface area (Å²) in [6.45, 7) is 8.89. The Balaban J connectivity index is 1.54. The van der Waals surface area contributed by atoms with Crippen molar-refractivity contribution in [1.29, 1.82) is 0 Å². The maximum Gasteiger partial charge on any atom is 0.321 e. The van der Waals surface area contributed by atoms with Gasteiger partial charge in [0.05, 0.1) is 13.2 Å². The molecular weight excluding hydrogens is 292 g/mol. The van der Waals surface area contributed by atoms with Gasteiger partial charge >= 0.3 is 6.03 Å². The van der Waals surface area contributed by atoms with Gasteiger partial charge in [-0.15, -0.1) is 0 Å². The lowest BCUT2D eigenvalue weighted by atomic mass is 10.0. The molecule has 1 aromatic carbocycles. The molecule has 5 heteroatoms. The highest BCUT2D eigenvalue weighted by Gasteiger charge is 2.33. The fourth-order valence-corrected chi connectivity index (χ4v) is 3.55. The van der Waals surface area contributed by atoms with Crippen molar-refractivity contribution in [3.8, 4) is 0 Å². The molecule has 23 heavy (non-hydrogen) atoms. The summed E-state index contributed by atoms with van der Waals surface area (Å²) in [5.41, 5.74) is 2.27. The molecule has 2 aliphatic heterocycles. The van der Waals surface area contributed by atoms with E-state index in [0.717, 1.165) is 18.7 Å². The lowest BCUT2D eigenvalue weighted by Gasteiger charge is -2.26.